The molecule has 1 aromatic carbocycles. The van der Waals surface area contributed by atoms with Crippen LogP contribution in [0.15, 0.2) is 24.3 Å². The third-order valence-corrected chi connectivity index (χ3v) is 4.65. The fraction of sp³-hybridized carbons (Fsp3) is 0.474. The molecule has 0 unspecified atom stereocenters. The van der Waals surface area contributed by atoms with Gasteiger partial charge in [0.2, 0.25) is 0 Å². The van der Waals surface area contributed by atoms with Gasteiger partial charge in [-0.15, -0.1) is 0 Å². The molecule has 3 rings (SSSR count). The number of carbonyl (C=O) groups excluding carboxylic acids is 1. The van der Waals surface area contributed by atoms with Crippen molar-refractivity contribution in [2.45, 2.75) is 39.7 Å². The summed E-state index contributed by atoms with van der Waals surface area (Å²) in [6.45, 7) is 6.75. The van der Waals surface area contributed by atoms with Crippen LogP contribution in [0.1, 0.15) is 40.2 Å². The highest BCUT2D eigenvalue weighted by molar-refractivity contribution is 5.92. The van der Waals surface area contributed by atoms with Gasteiger partial charge in [0.25, 0.3) is 5.91 Å². The molecule has 0 saturated heterocycles. The number of carbonyl (C=O) groups is 1. The maximum Gasteiger partial charge on any atom is 0.274 e. The molecule has 24 heavy (non-hydrogen) atoms. The molecule has 0 radical (unpaired) electrons. The molecule has 5 nitrogen and oxygen atoms in total. The summed E-state index contributed by atoms with van der Waals surface area (Å²) in [5.41, 5.74) is 4.74. The van der Waals surface area contributed by atoms with Gasteiger partial charge in [0.1, 0.15) is 0 Å². The second-order valence-corrected chi connectivity index (χ2v) is 7.11. The van der Waals surface area contributed by atoms with Gasteiger partial charge < -0.3 is 10.0 Å². The zero-order valence-electron chi connectivity index (χ0n) is 14.8. The van der Waals surface area contributed by atoms with Crippen molar-refractivity contribution in [2.75, 3.05) is 13.6 Å². The molecule has 0 spiro atoms. The number of hydrogen-bond donors (Lipinski definition) is 1. The van der Waals surface area contributed by atoms with E-state index in [0.717, 1.165) is 24.2 Å². The third kappa shape index (κ3) is 3.36. The summed E-state index contributed by atoms with van der Waals surface area (Å²) in [6.07, 6.45) is 1.38. The Labute approximate surface area is 142 Å². The van der Waals surface area contributed by atoms with Crippen molar-refractivity contribution in [3.63, 3.8) is 0 Å². The number of rotatable bonds is 4. The second kappa shape index (κ2) is 6.40. The summed E-state index contributed by atoms with van der Waals surface area (Å²) in [7, 11) is 1.80. The number of nitrogens with zero attached hydrogens (tertiary/aromatic N) is 3. The standard InChI is InChI=1S/C19H25N3O2/c1-12-5-13(2)7-16(6-12)22-14(3)8-18(20-22)19(24)21(4)11-15-9-17(23)10-15/h5-8,15,17,23H,9-11H2,1-4H3. The van der Waals surface area contributed by atoms with Crippen molar-refractivity contribution < 1.29 is 9.90 Å². The average Bonchev–Trinajstić information content (AvgIpc) is 2.85. The fourth-order valence-electron chi connectivity index (χ4n) is 3.43. The predicted octanol–water partition coefficient (Wildman–Crippen LogP) is 2.64. The number of benzene rings is 1. The first kappa shape index (κ1) is 16.7. The van der Waals surface area contributed by atoms with E-state index in [0.29, 0.717) is 18.2 Å². The van der Waals surface area contributed by atoms with E-state index < -0.39 is 0 Å². The minimum absolute atomic E-state index is 0.0670. The molecule has 2 aromatic rings. The van der Waals surface area contributed by atoms with E-state index in [4.69, 9.17) is 0 Å². The molecule has 1 saturated carbocycles. The number of aliphatic hydroxyl groups is 1. The van der Waals surface area contributed by atoms with Gasteiger partial charge >= 0.3 is 0 Å². The summed E-state index contributed by atoms with van der Waals surface area (Å²) in [5.74, 6) is 0.333. The summed E-state index contributed by atoms with van der Waals surface area (Å²) >= 11 is 0. The molecule has 1 fully saturated rings. The maximum atomic E-state index is 12.6. The van der Waals surface area contributed by atoms with Gasteiger partial charge in [-0.2, -0.15) is 5.10 Å². The van der Waals surface area contributed by atoms with Crippen LogP contribution in [0.25, 0.3) is 5.69 Å². The Kier molecular flexibility index (Phi) is 4.45. The highest BCUT2D eigenvalue weighted by Gasteiger charge is 2.29. The molecule has 1 heterocycles. The van der Waals surface area contributed by atoms with Crippen LogP contribution < -0.4 is 0 Å². The zero-order valence-corrected chi connectivity index (χ0v) is 14.8. The average molecular weight is 327 g/mol. The van der Waals surface area contributed by atoms with Crippen molar-refractivity contribution in [1.82, 2.24) is 14.7 Å². The van der Waals surface area contributed by atoms with E-state index in [9.17, 15) is 9.90 Å². The molecular weight excluding hydrogens is 302 g/mol. The van der Waals surface area contributed by atoms with Crippen LogP contribution in [-0.4, -0.2) is 45.4 Å². The van der Waals surface area contributed by atoms with E-state index >= 15 is 0 Å². The van der Waals surface area contributed by atoms with Crippen molar-refractivity contribution in [1.29, 1.82) is 0 Å². The number of hydrogen-bond acceptors (Lipinski definition) is 3. The van der Waals surface area contributed by atoms with Crippen LogP contribution in [0.4, 0.5) is 0 Å². The minimum Gasteiger partial charge on any atom is -0.393 e. The van der Waals surface area contributed by atoms with Crippen molar-refractivity contribution in [2.24, 2.45) is 5.92 Å². The topological polar surface area (TPSA) is 58.4 Å². The van der Waals surface area contributed by atoms with E-state index in [1.807, 2.05) is 17.7 Å². The Morgan fingerprint density at radius 2 is 1.83 bits per heavy atom. The van der Waals surface area contributed by atoms with Gasteiger partial charge in [-0.3, -0.25) is 4.79 Å². The lowest BCUT2D eigenvalue weighted by atomic mass is 9.82. The second-order valence-electron chi connectivity index (χ2n) is 7.11. The van der Waals surface area contributed by atoms with Crippen LogP contribution in [0, 0.1) is 26.7 Å². The van der Waals surface area contributed by atoms with Crippen LogP contribution in [-0.2, 0) is 0 Å². The van der Waals surface area contributed by atoms with Crippen molar-refractivity contribution >= 4 is 5.91 Å². The predicted molar refractivity (Wildman–Crippen MR) is 93.5 cm³/mol. The van der Waals surface area contributed by atoms with E-state index in [-0.39, 0.29) is 12.0 Å². The quantitative estimate of drug-likeness (QED) is 0.939. The molecule has 0 aliphatic heterocycles. The van der Waals surface area contributed by atoms with Gasteiger partial charge in [-0.25, -0.2) is 4.68 Å². The molecule has 1 amide bonds. The molecule has 5 heteroatoms. The van der Waals surface area contributed by atoms with Crippen LogP contribution in [0.2, 0.25) is 0 Å². The Balaban J connectivity index is 1.79. The SMILES string of the molecule is Cc1cc(C)cc(-n2nc(C(=O)N(C)CC3CC(O)C3)cc2C)c1. The van der Waals surface area contributed by atoms with E-state index in [2.05, 4.69) is 37.1 Å². The molecular formula is C19H25N3O2. The first-order valence-electron chi connectivity index (χ1n) is 8.42. The van der Waals surface area contributed by atoms with Crippen LogP contribution >= 0.6 is 0 Å². The lowest BCUT2D eigenvalue weighted by Crippen LogP contribution is -2.39. The number of aliphatic hydroxyl groups excluding tert-OH is 1. The molecule has 128 valence electrons. The zero-order chi connectivity index (χ0) is 17.4. The highest BCUT2D eigenvalue weighted by Crippen LogP contribution is 2.28. The van der Waals surface area contributed by atoms with Crippen molar-refractivity contribution in [3.8, 4) is 5.69 Å². The van der Waals surface area contributed by atoms with Crippen molar-refractivity contribution in [3.05, 3.63) is 46.8 Å². The molecule has 1 N–H and O–H groups in total. The first-order chi connectivity index (χ1) is 11.3. The van der Waals surface area contributed by atoms with Crippen LogP contribution in [0.3, 0.4) is 0 Å². The molecule has 1 aromatic heterocycles. The van der Waals surface area contributed by atoms with Gasteiger partial charge in [-0.1, -0.05) is 6.07 Å². The lowest BCUT2D eigenvalue weighted by Gasteiger charge is -2.34. The monoisotopic (exact) mass is 327 g/mol. The summed E-state index contributed by atoms with van der Waals surface area (Å²) in [6, 6.07) is 8.10. The lowest BCUT2D eigenvalue weighted by molar-refractivity contribution is 0.0264. The smallest absolute Gasteiger partial charge is 0.274 e. The number of aromatic nitrogens is 2. The molecule has 1 aliphatic carbocycles. The Morgan fingerprint density at radius 3 is 2.42 bits per heavy atom. The largest absolute Gasteiger partial charge is 0.393 e. The Bertz CT molecular complexity index is 740. The van der Waals surface area contributed by atoms with Crippen LogP contribution in [0.5, 0.6) is 0 Å². The van der Waals surface area contributed by atoms with Gasteiger partial charge in [-0.05, 0) is 68.9 Å². The first-order valence-corrected chi connectivity index (χ1v) is 8.42. The summed E-state index contributed by atoms with van der Waals surface area (Å²) < 4.78 is 1.83. The normalized spacial score (nSPS) is 19.9. The number of amides is 1. The Morgan fingerprint density at radius 1 is 1.21 bits per heavy atom. The third-order valence-electron chi connectivity index (χ3n) is 4.65. The fourth-order valence-corrected chi connectivity index (χ4v) is 3.43. The van der Waals surface area contributed by atoms with E-state index in [1.54, 1.807) is 11.9 Å². The summed E-state index contributed by atoms with van der Waals surface area (Å²) in [4.78, 5) is 14.3. The Hall–Kier alpha value is -2.14. The molecule has 0 atom stereocenters. The van der Waals surface area contributed by atoms with Gasteiger partial charge in [0, 0.05) is 19.3 Å². The van der Waals surface area contributed by atoms with Gasteiger partial charge in [0.05, 0.1) is 11.8 Å². The highest BCUT2D eigenvalue weighted by atomic mass is 16.3. The maximum absolute atomic E-state index is 12.6. The van der Waals surface area contributed by atoms with E-state index in [1.165, 1.54) is 11.1 Å². The molecule has 1 aliphatic rings. The summed E-state index contributed by atoms with van der Waals surface area (Å²) in [5, 5.41) is 13.9. The minimum atomic E-state index is -0.190. The molecule has 0 bridgehead atoms. The van der Waals surface area contributed by atoms with Gasteiger partial charge in [0.15, 0.2) is 5.69 Å². The number of aryl methyl sites for hydroxylation is 3.